The fraction of sp³-hybridized carbons (Fsp3) is 0.579. The van der Waals surface area contributed by atoms with Crippen molar-refractivity contribution in [3.63, 3.8) is 0 Å². The molecule has 1 atom stereocenters. The van der Waals surface area contributed by atoms with Crippen LogP contribution in [-0.4, -0.2) is 63.3 Å². The van der Waals surface area contributed by atoms with Crippen LogP contribution in [0, 0.1) is 5.41 Å². The Hall–Kier alpha value is -2.09. The van der Waals surface area contributed by atoms with E-state index in [-0.39, 0.29) is 23.5 Å². The fourth-order valence-electron chi connectivity index (χ4n) is 3.18. The fourth-order valence-corrected chi connectivity index (χ4v) is 4.91. The van der Waals surface area contributed by atoms with E-state index in [4.69, 9.17) is 0 Å². The summed E-state index contributed by atoms with van der Waals surface area (Å²) in [5.41, 5.74) is 0.309. The van der Waals surface area contributed by atoms with E-state index in [1.807, 2.05) is 31.1 Å². The smallest absolute Gasteiger partial charge is 0.239 e. The molecule has 1 heterocycles. The molecule has 7 nitrogen and oxygen atoms in total. The molecule has 8 heteroatoms. The SMILES string of the molecule is CCN(C(=O)C(C)(C)C(=O)Nc1ccc(N(C)C)cc1)C1CCS(=O)(=O)C1. The number of anilines is 2. The van der Waals surface area contributed by atoms with Crippen molar-refractivity contribution in [3.8, 4) is 0 Å². The molecule has 1 saturated heterocycles. The van der Waals surface area contributed by atoms with Gasteiger partial charge in [-0.05, 0) is 51.5 Å². The molecule has 1 aromatic carbocycles. The molecule has 0 radical (unpaired) electrons. The minimum absolute atomic E-state index is 0.0315. The molecule has 27 heavy (non-hydrogen) atoms. The molecule has 2 rings (SSSR count). The summed E-state index contributed by atoms with van der Waals surface area (Å²) in [4.78, 5) is 29.3. The van der Waals surface area contributed by atoms with Crippen LogP contribution in [0.4, 0.5) is 11.4 Å². The summed E-state index contributed by atoms with van der Waals surface area (Å²) in [5, 5.41) is 2.79. The zero-order valence-corrected chi connectivity index (χ0v) is 17.5. The van der Waals surface area contributed by atoms with Crippen LogP contribution in [0.2, 0.25) is 0 Å². The Morgan fingerprint density at radius 3 is 2.22 bits per heavy atom. The maximum absolute atomic E-state index is 13.0. The number of sulfone groups is 1. The standard InChI is InChI=1S/C19H29N3O4S/c1-6-22(16-11-12-27(25,26)13-16)18(24)19(2,3)17(23)20-14-7-9-15(10-8-14)21(4)5/h7-10,16H,6,11-13H2,1-5H3,(H,20,23). The Labute approximate surface area is 161 Å². The normalized spacial score (nSPS) is 18.8. The third-order valence-corrected chi connectivity index (χ3v) is 6.74. The molecule has 1 aliphatic rings. The summed E-state index contributed by atoms with van der Waals surface area (Å²) in [6, 6.07) is 6.97. The number of benzene rings is 1. The lowest BCUT2D eigenvalue weighted by Gasteiger charge is -2.34. The maximum atomic E-state index is 13.0. The largest absolute Gasteiger partial charge is 0.378 e. The van der Waals surface area contributed by atoms with Gasteiger partial charge in [-0.2, -0.15) is 0 Å². The topological polar surface area (TPSA) is 86.8 Å². The van der Waals surface area contributed by atoms with Gasteiger partial charge in [0.15, 0.2) is 9.84 Å². The van der Waals surface area contributed by atoms with Crippen molar-refractivity contribution in [2.45, 2.75) is 33.2 Å². The molecule has 0 saturated carbocycles. The van der Waals surface area contributed by atoms with E-state index in [0.717, 1.165) is 5.69 Å². The van der Waals surface area contributed by atoms with Crippen molar-refractivity contribution < 1.29 is 18.0 Å². The lowest BCUT2D eigenvalue weighted by Crippen LogP contribution is -2.51. The van der Waals surface area contributed by atoms with Gasteiger partial charge in [-0.15, -0.1) is 0 Å². The minimum atomic E-state index is -3.11. The van der Waals surface area contributed by atoms with E-state index in [1.165, 1.54) is 4.90 Å². The molecule has 150 valence electrons. The van der Waals surface area contributed by atoms with Gasteiger partial charge in [-0.1, -0.05) is 0 Å². The van der Waals surface area contributed by atoms with E-state index in [0.29, 0.717) is 18.7 Å². The summed E-state index contributed by atoms with van der Waals surface area (Å²) < 4.78 is 23.5. The lowest BCUT2D eigenvalue weighted by molar-refractivity contribution is -0.147. The van der Waals surface area contributed by atoms with Crippen molar-refractivity contribution in [3.05, 3.63) is 24.3 Å². The predicted molar refractivity (Wildman–Crippen MR) is 108 cm³/mol. The van der Waals surface area contributed by atoms with Crippen molar-refractivity contribution in [1.29, 1.82) is 0 Å². The average Bonchev–Trinajstić information content (AvgIpc) is 2.95. The highest BCUT2D eigenvalue weighted by Crippen LogP contribution is 2.27. The summed E-state index contributed by atoms with van der Waals surface area (Å²) in [6.45, 7) is 5.32. The first kappa shape index (κ1) is 21.2. The van der Waals surface area contributed by atoms with E-state index >= 15 is 0 Å². The second kappa shape index (κ2) is 7.88. The van der Waals surface area contributed by atoms with Gasteiger partial charge in [-0.3, -0.25) is 9.59 Å². The molecule has 0 aliphatic carbocycles. The summed E-state index contributed by atoms with van der Waals surface area (Å²) in [6.07, 6.45) is 0.422. The number of carbonyl (C=O) groups excluding carboxylic acids is 2. The summed E-state index contributed by atoms with van der Waals surface area (Å²) in [5.74, 6) is -0.707. The van der Waals surface area contributed by atoms with Crippen molar-refractivity contribution in [2.75, 3.05) is 42.4 Å². The van der Waals surface area contributed by atoms with Gasteiger partial charge < -0.3 is 15.1 Å². The highest BCUT2D eigenvalue weighted by molar-refractivity contribution is 7.91. The molecule has 1 aliphatic heterocycles. The number of rotatable bonds is 6. The van der Waals surface area contributed by atoms with Crippen LogP contribution in [-0.2, 0) is 19.4 Å². The van der Waals surface area contributed by atoms with Crippen LogP contribution in [0.25, 0.3) is 0 Å². The number of hydrogen-bond donors (Lipinski definition) is 1. The average molecular weight is 396 g/mol. The molecule has 1 fully saturated rings. The first-order valence-corrected chi connectivity index (χ1v) is 10.9. The molecule has 1 unspecified atom stereocenters. The monoisotopic (exact) mass is 395 g/mol. The van der Waals surface area contributed by atoms with E-state index < -0.39 is 21.2 Å². The Kier molecular flexibility index (Phi) is 6.19. The molecule has 0 bridgehead atoms. The first-order valence-electron chi connectivity index (χ1n) is 9.08. The summed E-state index contributed by atoms with van der Waals surface area (Å²) in [7, 11) is 0.749. The van der Waals surface area contributed by atoms with Gasteiger partial charge >= 0.3 is 0 Å². The van der Waals surface area contributed by atoms with Gasteiger partial charge in [0.1, 0.15) is 5.41 Å². The molecule has 0 spiro atoms. The minimum Gasteiger partial charge on any atom is -0.378 e. The maximum Gasteiger partial charge on any atom is 0.239 e. The van der Waals surface area contributed by atoms with Gasteiger partial charge in [0.05, 0.1) is 11.5 Å². The first-order chi connectivity index (χ1) is 12.5. The molecule has 0 aromatic heterocycles. The third kappa shape index (κ3) is 4.80. The third-order valence-electron chi connectivity index (χ3n) is 4.99. The number of carbonyl (C=O) groups is 2. The number of nitrogens with one attached hydrogen (secondary N) is 1. The molecule has 1 N–H and O–H groups in total. The summed E-state index contributed by atoms with van der Waals surface area (Å²) >= 11 is 0. The Morgan fingerprint density at radius 2 is 1.78 bits per heavy atom. The quantitative estimate of drug-likeness (QED) is 0.742. The van der Waals surface area contributed by atoms with E-state index in [9.17, 15) is 18.0 Å². The zero-order chi connectivity index (χ0) is 20.4. The molecular formula is C19H29N3O4S. The zero-order valence-electron chi connectivity index (χ0n) is 16.7. The van der Waals surface area contributed by atoms with Crippen molar-refractivity contribution in [1.82, 2.24) is 4.90 Å². The van der Waals surface area contributed by atoms with E-state index in [2.05, 4.69) is 5.32 Å². The molecule has 1 aromatic rings. The van der Waals surface area contributed by atoms with Gasteiger partial charge in [0.2, 0.25) is 11.8 Å². The predicted octanol–water partition coefficient (Wildman–Crippen LogP) is 1.75. The Balaban J connectivity index is 2.12. The van der Waals surface area contributed by atoms with Crippen molar-refractivity contribution >= 4 is 33.0 Å². The Morgan fingerprint density at radius 1 is 1.19 bits per heavy atom. The van der Waals surface area contributed by atoms with Crippen LogP contribution in [0.5, 0.6) is 0 Å². The van der Waals surface area contributed by atoms with Crippen LogP contribution in [0.15, 0.2) is 24.3 Å². The van der Waals surface area contributed by atoms with Gasteiger partial charge in [0, 0.05) is 38.1 Å². The Bertz CT molecular complexity index is 801. The number of hydrogen-bond acceptors (Lipinski definition) is 5. The van der Waals surface area contributed by atoms with Crippen LogP contribution >= 0.6 is 0 Å². The molecule has 2 amide bonds. The molecular weight excluding hydrogens is 366 g/mol. The van der Waals surface area contributed by atoms with Crippen LogP contribution < -0.4 is 10.2 Å². The van der Waals surface area contributed by atoms with Gasteiger partial charge in [0.25, 0.3) is 0 Å². The highest BCUT2D eigenvalue weighted by atomic mass is 32.2. The van der Waals surface area contributed by atoms with Crippen LogP contribution in [0.1, 0.15) is 27.2 Å². The number of amides is 2. The van der Waals surface area contributed by atoms with E-state index in [1.54, 1.807) is 32.9 Å². The number of nitrogens with zero attached hydrogens (tertiary/aromatic N) is 2. The lowest BCUT2D eigenvalue weighted by atomic mass is 9.89. The van der Waals surface area contributed by atoms with Crippen LogP contribution in [0.3, 0.4) is 0 Å². The highest BCUT2D eigenvalue weighted by Gasteiger charge is 2.43. The van der Waals surface area contributed by atoms with Crippen molar-refractivity contribution in [2.24, 2.45) is 5.41 Å². The van der Waals surface area contributed by atoms with Gasteiger partial charge in [-0.25, -0.2) is 8.42 Å². The second-order valence-corrected chi connectivity index (χ2v) is 9.90. The second-order valence-electron chi connectivity index (χ2n) is 7.67.